The van der Waals surface area contributed by atoms with Crippen molar-refractivity contribution < 1.29 is 33.3 Å². The first kappa shape index (κ1) is 29.3. The summed E-state index contributed by atoms with van der Waals surface area (Å²) in [7, 11) is 0. The van der Waals surface area contributed by atoms with E-state index in [2.05, 4.69) is 39.1 Å². The van der Waals surface area contributed by atoms with Gasteiger partial charge in [-0.3, -0.25) is 19.0 Å². The second-order valence-corrected chi connectivity index (χ2v) is 11.8. The van der Waals surface area contributed by atoms with Crippen molar-refractivity contribution in [1.29, 1.82) is 0 Å². The fraction of sp³-hybridized carbons (Fsp3) is 0.533. The van der Waals surface area contributed by atoms with Crippen molar-refractivity contribution in [3.8, 4) is 0 Å². The Balaban J connectivity index is 1.40. The first-order valence-corrected chi connectivity index (χ1v) is 14.9. The van der Waals surface area contributed by atoms with E-state index in [-0.39, 0.29) is 17.3 Å². The number of nitrogens with zero attached hydrogens (tertiary/aromatic N) is 5. The number of ether oxygens (including phenoxy) is 4. The molecule has 3 aliphatic rings. The Morgan fingerprint density at radius 3 is 2.44 bits per heavy atom. The highest BCUT2D eigenvalue weighted by Crippen LogP contribution is 2.46. The van der Waals surface area contributed by atoms with Crippen LogP contribution >= 0.6 is 11.6 Å². The number of rotatable bonds is 6. The van der Waals surface area contributed by atoms with Gasteiger partial charge in [0.15, 0.2) is 35.4 Å². The minimum atomic E-state index is -1.08. The lowest BCUT2D eigenvalue weighted by molar-refractivity contribution is -0.166. The summed E-state index contributed by atoms with van der Waals surface area (Å²) in [5.74, 6) is -1.15. The van der Waals surface area contributed by atoms with Crippen LogP contribution in [0.15, 0.2) is 30.6 Å². The van der Waals surface area contributed by atoms with Crippen LogP contribution in [0.25, 0.3) is 11.2 Å². The Hall–Kier alpha value is -3.77. The smallest absolute Gasteiger partial charge is 0.303 e. The van der Waals surface area contributed by atoms with Crippen LogP contribution in [0.2, 0.25) is 5.28 Å². The quantitative estimate of drug-likeness (QED) is 0.227. The number of fused-ring (bicyclic) bond motifs is 3. The van der Waals surface area contributed by atoms with Crippen molar-refractivity contribution in [1.82, 2.24) is 19.5 Å². The van der Waals surface area contributed by atoms with Crippen LogP contribution in [0.1, 0.15) is 70.2 Å². The third kappa shape index (κ3) is 5.65. The second-order valence-electron chi connectivity index (χ2n) is 11.5. The highest BCUT2D eigenvalue weighted by Gasteiger charge is 2.51. The standard InChI is InChI=1S/C30H34ClN5O7/c1-17(37)40-14-22-24(41-18(2)38)25(42-19(3)39)28(43-22)36-16-32-23-26(33-29(31)34-27(23)36)35-13-20-9-5-6-10-21(20)30(15-35)11-7-4-8-12-30/h5-6,9-10,16,22,24-25,28H,4,7-8,11-15H2,1-3H3/t22-,24?,25?,28-/m1/s1. The largest absolute Gasteiger partial charge is 0.463 e. The van der Waals surface area contributed by atoms with Gasteiger partial charge in [-0.05, 0) is 35.6 Å². The molecule has 4 heterocycles. The summed E-state index contributed by atoms with van der Waals surface area (Å²) in [6, 6.07) is 8.61. The van der Waals surface area contributed by atoms with Crippen LogP contribution in [0.3, 0.4) is 0 Å². The van der Waals surface area contributed by atoms with Crippen molar-refractivity contribution in [2.24, 2.45) is 0 Å². The fourth-order valence-electron chi connectivity index (χ4n) is 6.89. The molecule has 1 spiro atoms. The second kappa shape index (κ2) is 11.7. The molecule has 2 unspecified atom stereocenters. The molecule has 1 aromatic carbocycles. The molecule has 2 fully saturated rings. The van der Waals surface area contributed by atoms with Gasteiger partial charge in [-0.1, -0.05) is 43.5 Å². The molecule has 3 aromatic rings. The monoisotopic (exact) mass is 611 g/mol. The van der Waals surface area contributed by atoms with Crippen molar-refractivity contribution in [3.63, 3.8) is 0 Å². The number of aromatic nitrogens is 4. The maximum absolute atomic E-state index is 12.2. The Morgan fingerprint density at radius 1 is 1.00 bits per heavy atom. The van der Waals surface area contributed by atoms with E-state index in [0.717, 1.165) is 19.4 Å². The molecule has 13 heteroatoms. The molecular formula is C30H34ClN5O7. The van der Waals surface area contributed by atoms with Crippen molar-refractivity contribution >= 4 is 46.5 Å². The molecule has 2 aromatic heterocycles. The predicted octanol–water partition coefficient (Wildman–Crippen LogP) is 4.03. The minimum absolute atomic E-state index is 0.00950. The molecule has 43 heavy (non-hydrogen) atoms. The Morgan fingerprint density at radius 2 is 1.72 bits per heavy atom. The summed E-state index contributed by atoms with van der Waals surface area (Å²) in [4.78, 5) is 51.8. The van der Waals surface area contributed by atoms with E-state index in [1.54, 1.807) is 4.57 Å². The number of benzene rings is 1. The Bertz CT molecular complexity index is 1550. The van der Waals surface area contributed by atoms with Crippen LogP contribution in [0.5, 0.6) is 0 Å². The van der Waals surface area contributed by atoms with Gasteiger partial charge < -0.3 is 23.8 Å². The molecule has 0 N–H and O–H groups in total. The molecule has 6 rings (SSSR count). The van der Waals surface area contributed by atoms with Gasteiger partial charge in [0.1, 0.15) is 12.7 Å². The van der Waals surface area contributed by atoms with Gasteiger partial charge in [0.05, 0.1) is 6.33 Å². The topological polar surface area (TPSA) is 135 Å². The third-order valence-corrected chi connectivity index (χ3v) is 8.71. The zero-order chi connectivity index (χ0) is 30.3. The number of halogens is 1. The summed E-state index contributed by atoms with van der Waals surface area (Å²) in [6.07, 6.45) is 3.23. The molecular weight excluding hydrogens is 578 g/mol. The van der Waals surface area contributed by atoms with Crippen molar-refractivity contribution in [2.45, 2.75) is 89.4 Å². The molecule has 12 nitrogen and oxygen atoms in total. The first-order chi connectivity index (χ1) is 20.6. The summed E-state index contributed by atoms with van der Waals surface area (Å²) < 4.78 is 24.1. The maximum Gasteiger partial charge on any atom is 0.303 e. The number of anilines is 1. The van der Waals surface area contributed by atoms with Crippen LogP contribution in [0.4, 0.5) is 5.82 Å². The number of imidazole rings is 1. The molecule has 0 amide bonds. The van der Waals surface area contributed by atoms with Gasteiger partial charge in [0.2, 0.25) is 5.28 Å². The number of hydrogen-bond acceptors (Lipinski definition) is 11. The molecule has 1 saturated heterocycles. The SMILES string of the molecule is CC(=O)OC[C@H]1O[C@@H](n2cnc3c(N4Cc5ccccc5C5(CCCCC5)C4)nc(Cl)nc32)C(OC(C)=O)C1OC(C)=O. The third-order valence-electron chi connectivity index (χ3n) is 8.54. The van der Waals surface area contributed by atoms with Crippen LogP contribution in [-0.2, 0) is 45.3 Å². The Kier molecular flexibility index (Phi) is 7.99. The highest BCUT2D eigenvalue weighted by atomic mass is 35.5. The lowest BCUT2D eigenvalue weighted by Crippen LogP contribution is -2.47. The highest BCUT2D eigenvalue weighted by molar-refractivity contribution is 6.28. The summed E-state index contributed by atoms with van der Waals surface area (Å²) in [6.45, 7) is 4.94. The molecule has 0 bridgehead atoms. The van der Waals surface area contributed by atoms with Crippen LogP contribution < -0.4 is 4.90 Å². The van der Waals surface area contributed by atoms with E-state index >= 15 is 0 Å². The van der Waals surface area contributed by atoms with Gasteiger partial charge in [0, 0.05) is 39.3 Å². The van der Waals surface area contributed by atoms with Gasteiger partial charge in [-0.25, -0.2) is 4.98 Å². The molecule has 1 saturated carbocycles. The average molecular weight is 612 g/mol. The maximum atomic E-state index is 12.2. The summed E-state index contributed by atoms with van der Waals surface area (Å²) >= 11 is 6.54. The number of hydrogen-bond donors (Lipinski definition) is 0. The predicted molar refractivity (Wildman–Crippen MR) is 154 cm³/mol. The normalized spacial score (nSPS) is 24.5. The van der Waals surface area contributed by atoms with E-state index < -0.39 is 42.4 Å². The van der Waals surface area contributed by atoms with Crippen molar-refractivity contribution in [3.05, 3.63) is 47.0 Å². The van der Waals surface area contributed by atoms with Gasteiger partial charge >= 0.3 is 17.9 Å². The minimum Gasteiger partial charge on any atom is -0.463 e. The zero-order valence-electron chi connectivity index (χ0n) is 24.3. The van der Waals surface area contributed by atoms with E-state index in [0.29, 0.717) is 23.5 Å². The molecule has 2 aliphatic heterocycles. The average Bonchev–Trinajstić information content (AvgIpc) is 3.52. The lowest BCUT2D eigenvalue weighted by atomic mass is 9.66. The van der Waals surface area contributed by atoms with E-state index in [9.17, 15) is 14.4 Å². The van der Waals surface area contributed by atoms with E-state index in [1.807, 2.05) is 0 Å². The summed E-state index contributed by atoms with van der Waals surface area (Å²) in [5, 5.41) is 0.0239. The van der Waals surface area contributed by atoms with Gasteiger partial charge in [-0.2, -0.15) is 9.97 Å². The van der Waals surface area contributed by atoms with Crippen LogP contribution in [0, 0.1) is 0 Å². The molecule has 4 atom stereocenters. The first-order valence-electron chi connectivity index (χ1n) is 14.5. The van der Waals surface area contributed by atoms with Crippen LogP contribution in [-0.4, -0.2) is 68.9 Å². The fourth-order valence-corrected chi connectivity index (χ4v) is 7.05. The van der Waals surface area contributed by atoms with Crippen molar-refractivity contribution in [2.75, 3.05) is 18.1 Å². The number of carbonyl (C=O) groups is 3. The van der Waals surface area contributed by atoms with E-state index in [1.165, 1.54) is 57.5 Å². The molecule has 228 valence electrons. The summed E-state index contributed by atoms with van der Waals surface area (Å²) in [5.41, 5.74) is 3.54. The molecule has 0 radical (unpaired) electrons. The van der Waals surface area contributed by atoms with Gasteiger partial charge in [0.25, 0.3) is 0 Å². The Labute approximate surface area is 253 Å². The number of esters is 3. The zero-order valence-corrected chi connectivity index (χ0v) is 25.1. The van der Waals surface area contributed by atoms with E-state index in [4.69, 9.17) is 35.5 Å². The van der Waals surface area contributed by atoms with Gasteiger partial charge in [-0.15, -0.1) is 0 Å². The number of carbonyl (C=O) groups excluding carboxylic acids is 3. The lowest BCUT2D eigenvalue weighted by Gasteiger charge is -2.47. The molecule has 1 aliphatic carbocycles.